The summed E-state index contributed by atoms with van der Waals surface area (Å²) in [6, 6.07) is 14.8. The molecule has 0 N–H and O–H groups in total. The molecule has 0 saturated heterocycles. The van der Waals surface area contributed by atoms with Crippen LogP contribution in [-0.4, -0.2) is 6.61 Å². The van der Waals surface area contributed by atoms with Crippen molar-refractivity contribution in [1.29, 1.82) is 0 Å². The minimum atomic E-state index is -0.199. The van der Waals surface area contributed by atoms with E-state index in [1.807, 2.05) is 36.4 Å². The van der Waals surface area contributed by atoms with Crippen molar-refractivity contribution in [3.05, 3.63) is 54.3 Å². The zero-order valence-corrected chi connectivity index (χ0v) is 19.5. The molecule has 1 aliphatic carbocycles. The number of hydrogen-bond acceptors (Lipinski definition) is 1. The molecule has 170 valence electrons. The minimum absolute atomic E-state index is 0.199. The molecule has 1 saturated carbocycles. The van der Waals surface area contributed by atoms with E-state index in [1.165, 1.54) is 89.2 Å². The van der Waals surface area contributed by atoms with Crippen molar-refractivity contribution < 1.29 is 9.13 Å². The first-order valence-electron chi connectivity index (χ1n) is 12.7. The second kappa shape index (κ2) is 13.6. The number of unbranched alkanes of at least 4 members (excludes halogenated alkanes) is 5. The fraction of sp³-hybridized carbons (Fsp3) is 0.586. The van der Waals surface area contributed by atoms with Crippen LogP contribution in [0.2, 0.25) is 0 Å². The zero-order valence-electron chi connectivity index (χ0n) is 19.5. The molecule has 0 amide bonds. The summed E-state index contributed by atoms with van der Waals surface area (Å²) in [7, 11) is 0. The molecule has 1 fully saturated rings. The molecule has 0 bridgehead atoms. The summed E-state index contributed by atoms with van der Waals surface area (Å²) in [5, 5.41) is 0. The third-order valence-electron chi connectivity index (χ3n) is 6.99. The Kier molecular flexibility index (Phi) is 10.4. The van der Waals surface area contributed by atoms with Crippen molar-refractivity contribution in [3.8, 4) is 16.9 Å². The second-order valence-corrected chi connectivity index (χ2v) is 9.47. The predicted molar refractivity (Wildman–Crippen MR) is 130 cm³/mol. The normalized spacial score (nSPS) is 18.8. The molecular weight excluding hydrogens is 383 g/mol. The Morgan fingerprint density at radius 1 is 0.677 bits per heavy atom. The quantitative estimate of drug-likeness (QED) is 0.291. The lowest BCUT2D eigenvalue weighted by atomic mass is 9.78. The Morgan fingerprint density at radius 2 is 1.19 bits per heavy atom. The molecule has 0 spiro atoms. The lowest BCUT2D eigenvalue weighted by Crippen LogP contribution is -2.15. The van der Waals surface area contributed by atoms with E-state index >= 15 is 0 Å². The number of hydrogen-bond donors (Lipinski definition) is 0. The van der Waals surface area contributed by atoms with E-state index in [-0.39, 0.29) is 5.82 Å². The molecule has 2 heteroatoms. The Hall–Kier alpha value is -1.83. The molecule has 0 unspecified atom stereocenters. The molecule has 2 aromatic carbocycles. The van der Waals surface area contributed by atoms with Crippen LogP contribution in [0.15, 0.2) is 48.5 Å². The Labute approximate surface area is 189 Å². The van der Waals surface area contributed by atoms with Crippen LogP contribution >= 0.6 is 0 Å². The van der Waals surface area contributed by atoms with Crippen LogP contribution < -0.4 is 4.74 Å². The topological polar surface area (TPSA) is 9.23 Å². The Bertz CT molecular complexity index is 713. The highest BCUT2D eigenvalue weighted by Crippen LogP contribution is 2.34. The zero-order chi connectivity index (χ0) is 21.7. The number of rotatable bonds is 13. The van der Waals surface area contributed by atoms with Gasteiger partial charge in [-0.05, 0) is 60.1 Å². The van der Waals surface area contributed by atoms with Gasteiger partial charge in [-0.2, -0.15) is 0 Å². The van der Waals surface area contributed by atoms with Crippen LogP contribution in [0.1, 0.15) is 90.4 Å². The maximum atomic E-state index is 13.1. The van der Waals surface area contributed by atoms with Gasteiger partial charge in [0.25, 0.3) is 0 Å². The molecule has 1 aliphatic rings. The second-order valence-electron chi connectivity index (χ2n) is 9.47. The molecule has 0 aliphatic heterocycles. The molecule has 0 atom stereocenters. The molecule has 31 heavy (non-hydrogen) atoms. The maximum absolute atomic E-state index is 13.1. The van der Waals surface area contributed by atoms with Gasteiger partial charge in [-0.1, -0.05) is 102 Å². The van der Waals surface area contributed by atoms with Gasteiger partial charge in [0.2, 0.25) is 0 Å². The van der Waals surface area contributed by atoms with E-state index in [9.17, 15) is 4.39 Å². The highest BCUT2D eigenvalue weighted by atomic mass is 19.1. The average molecular weight is 425 g/mol. The van der Waals surface area contributed by atoms with Gasteiger partial charge in [-0.15, -0.1) is 0 Å². The van der Waals surface area contributed by atoms with Crippen molar-refractivity contribution >= 4 is 0 Å². The van der Waals surface area contributed by atoms with E-state index in [2.05, 4.69) is 6.92 Å². The highest BCUT2D eigenvalue weighted by molar-refractivity contribution is 5.63. The van der Waals surface area contributed by atoms with Gasteiger partial charge < -0.3 is 4.74 Å². The van der Waals surface area contributed by atoms with Crippen molar-refractivity contribution in [1.82, 2.24) is 0 Å². The molecule has 0 radical (unpaired) electrons. The molecule has 1 nitrogen and oxygen atoms in total. The third kappa shape index (κ3) is 8.67. The van der Waals surface area contributed by atoms with Crippen LogP contribution in [0.25, 0.3) is 11.1 Å². The van der Waals surface area contributed by atoms with Crippen LogP contribution in [0.5, 0.6) is 5.75 Å². The van der Waals surface area contributed by atoms with Crippen molar-refractivity contribution in [2.45, 2.75) is 90.4 Å². The fourth-order valence-electron chi connectivity index (χ4n) is 4.97. The summed E-state index contributed by atoms with van der Waals surface area (Å²) in [4.78, 5) is 0. The number of halogens is 1. The Morgan fingerprint density at radius 3 is 1.81 bits per heavy atom. The SMILES string of the molecule is CCCCCCCC[C@H]1CC[C@H](CCCOc2ccc(-c3ccc(F)cc3)cc2)CC1. The first-order valence-corrected chi connectivity index (χ1v) is 12.7. The monoisotopic (exact) mass is 424 g/mol. The summed E-state index contributed by atoms with van der Waals surface area (Å²) in [5.41, 5.74) is 2.12. The van der Waals surface area contributed by atoms with Crippen LogP contribution in [0.3, 0.4) is 0 Å². The van der Waals surface area contributed by atoms with E-state index in [0.717, 1.165) is 41.7 Å². The lowest BCUT2D eigenvalue weighted by Gasteiger charge is -2.28. The summed E-state index contributed by atoms with van der Waals surface area (Å²) in [6.45, 7) is 3.09. The van der Waals surface area contributed by atoms with Crippen molar-refractivity contribution in [2.75, 3.05) is 6.61 Å². The molecule has 0 heterocycles. The van der Waals surface area contributed by atoms with E-state index < -0.39 is 0 Å². The van der Waals surface area contributed by atoms with Gasteiger partial charge in [-0.25, -0.2) is 4.39 Å². The van der Waals surface area contributed by atoms with Gasteiger partial charge in [0.05, 0.1) is 6.61 Å². The number of ether oxygens (including phenoxy) is 1. The average Bonchev–Trinajstić information content (AvgIpc) is 2.81. The number of benzene rings is 2. The van der Waals surface area contributed by atoms with Crippen LogP contribution in [0, 0.1) is 17.7 Å². The van der Waals surface area contributed by atoms with E-state index in [0.29, 0.717) is 0 Å². The first-order chi connectivity index (χ1) is 15.2. The largest absolute Gasteiger partial charge is 0.494 e. The van der Waals surface area contributed by atoms with E-state index in [1.54, 1.807) is 0 Å². The van der Waals surface area contributed by atoms with Crippen LogP contribution in [0.4, 0.5) is 4.39 Å². The van der Waals surface area contributed by atoms with Crippen LogP contribution in [-0.2, 0) is 0 Å². The Balaban J connectivity index is 1.25. The summed E-state index contributed by atoms with van der Waals surface area (Å²) >= 11 is 0. The van der Waals surface area contributed by atoms with E-state index in [4.69, 9.17) is 4.74 Å². The molecule has 2 aromatic rings. The molecule has 3 rings (SSSR count). The first kappa shape index (κ1) is 23.8. The summed E-state index contributed by atoms with van der Waals surface area (Å²) in [6.07, 6.45) is 18.2. The molecular formula is C29H41FO. The maximum Gasteiger partial charge on any atom is 0.123 e. The predicted octanol–water partition coefficient (Wildman–Crippen LogP) is 9.21. The molecule has 0 aromatic heterocycles. The standard InChI is InChI=1S/C29H41FO/c1-2-3-4-5-6-7-9-24-11-13-25(14-12-24)10-8-23-31-29-21-17-27(18-22-29)26-15-19-28(30)20-16-26/h15-22,24-25H,2-14,23H2,1H3/t24-,25-. The van der Waals surface area contributed by atoms with Gasteiger partial charge in [-0.3, -0.25) is 0 Å². The smallest absolute Gasteiger partial charge is 0.123 e. The van der Waals surface area contributed by atoms with Crippen molar-refractivity contribution in [2.24, 2.45) is 11.8 Å². The highest BCUT2D eigenvalue weighted by Gasteiger charge is 2.20. The summed E-state index contributed by atoms with van der Waals surface area (Å²) in [5.74, 6) is 2.63. The minimum Gasteiger partial charge on any atom is -0.494 e. The third-order valence-corrected chi connectivity index (χ3v) is 6.99. The van der Waals surface area contributed by atoms with Gasteiger partial charge >= 0.3 is 0 Å². The summed E-state index contributed by atoms with van der Waals surface area (Å²) < 4.78 is 19.0. The van der Waals surface area contributed by atoms with Crippen molar-refractivity contribution in [3.63, 3.8) is 0 Å². The fourth-order valence-corrected chi connectivity index (χ4v) is 4.97. The van der Waals surface area contributed by atoms with Gasteiger partial charge in [0.1, 0.15) is 11.6 Å². The lowest BCUT2D eigenvalue weighted by molar-refractivity contribution is 0.228. The van der Waals surface area contributed by atoms with Gasteiger partial charge in [0.15, 0.2) is 0 Å². The van der Waals surface area contributed by atoms with Gasteiger partial charge in [0, 0.05) is 0 Å².